The Bertz CT molecular complexity index is 789. The van der Waals surface area contributed by atoms with Crippen molar-refractivity contribution >= 4 is 11.6 Å². The van der Waals surface area contributed by atoms with E-state index in [-0.39, 0.29) is 11.6 Å². The van der Waals surface area contributed by atoms with Crippen molar-refractivity contribution < 1.29 is 14.1 Å². The number of nitrogens with zero attached hydrogens (tertiary/aromatic N) is 3. The Kier molecular flexibility index (Phi) is 5.04. The van der Waals surface area contributed by atoms with E-state index < -0.39 is 10.7 Å². The molecule has 0 spiro atoms. The van der Waals surface area contributed by atoms with Gasteiger partial charge in [-0.2, -0.15) is 0 Å². The Morgan fingerprint density at radius 1 is 1.08 bits per heavy atom. The topological polar surface area (TPSA) is 66.7 Å². The van der Waals surface area contributed by atoms with E-state index in [0.29, 0.717) is 38.3 Å². The molecule has 25 heavy (non-hydrogen) atoms. The fraction of sp³-hybridized carbons (Fsp3) is 0.278. The molecule has 2 aromatic carbocycles. The average Bonchev–Trinajstić information content (AvgIpc) is 2.62. The molecule has 1 heterocycles. The van der Waals surface area contributed by atoms with Crippen molar-refractivity contribution in [3.63, 3.8) is 0 Å². The summed E-state index contributed by atoms with van der Waals surface area (Å²) in [7, 11) is 0. The van der Waals surface area contributed by atoms with Crippen LogP contribution in [0.5, 0.6) is 0 Å². The molecule has 0 atom stereocenters. The van der Waals surface area contributed by atoms with Crippen LogP contribution in [0.2, 0.25) is 0 Å². The summed E-state index contributed by atoms with van der Waals surface area (Å²) in [6, 6.07) is 12.3. The Balaban J connectivity index is 1.58. The van der Waals surface area contributed by atoms with Gasteiger partial charge in [-0.1, -0.05) is 18.2 Å². The summed E-state index contributed by atoms with van der Waals surface area (Å²) in [6.45, 7) is 3.03. The van der Waals surface area contributed by atoms with Crippen molar-refractivity contribution in [3.8, 4) is 0 Å². The lowest BCUT2D eigenvalue weighted by molar-refractivity contribution is -0.384. The average molecular weight is 343 g/mol. The Morgan fingerprint density at radius 2 is 1.80 bits per heavy atom. The van der Waals surface area contributed by atoms with E-state index in [0.717, 1.165) is 5.56 Å². The molecule has 0 N–H and O–H groups in total. The zero-order valence-electron chi connectivity index (χ0n) is 13.6. The van der Waals surface area contributed by atoms with E-state index >= 15 is 0 Å². The Morgan fingerprint density at radius 3 is 2.48 bits per heavy atom. The summed E-state index contributed by atoms with van der Waals surface area (Å²) in [5, 5.41) is 10.8. The van der Waals surface area contributed by atoms with Gasteiger partial charge in [-0.05, 0) is 23.8 Å². The SMILES string of the molecule is O=C(c1cccc(F)c1)N1CCN(Cc2cccc([N+](=O)[O-])c2)CC1. The lowest BCUT2D eigenvalue weighted by Crippen LogP contribution is -2.48. The van der Waals surface area contributed by atoms with E-state index in [4.69, 9.17) is 0 Å². The standard InChI is InChI=1S/C18H18FN3O3/c19-16-5-2-4-15(12-16)18(23)21-9-7-20(8-10-21)13-14-3-1-6-17(11-14)22(24)25/h1-6,11-12H,7-10,13H2. The van der Waals surface area contributed by atoms with Crippen LogP contribution < -0.4 is 0 Å². The third-order valence-corrected chi connectivity index (χ3v) is 4.26. The molecule has 0 aliphatic carbocycles. The second kappa shape index (κ2) is 7.40. The van der Waals surface area contributed by atoms with Crippen molar-refractivity contribution in [2.75, 3.05) is 26.2 Å². The first-order valence-corrected chi connectivity index (χ1v) is 8.03. The van der Waals surface area contributed by atoms with Gasteiger partial charge in [0.2, 0.25) is 0 Å². The highest BCUT2D eigenvalue weighted by Gasteiger charge is 2.22. The molecule has 130 valence electrons. The van der Waals surface area contributed by atoms with Crippen LogP contribution in [-0.4, -0.2) is 46.8 Å². The minimum Gasteiger partial charge on any atom is -0.336 e. The fourth-order valence-corrected chi connectivity index (χ4v) is 2.94. The van der Waals surface area contributed by atoms with Crippen LogP contribution >= 0.6 is 0 Å². The molecule has 0 radical (unpaired) electrons. The number of amides is 1. The second-order valence-electron chi connectivity index (χ2n) is 6.01. The highest BCUT2D eigenvalue weighted by molar-refractivity contribution is 5.94. The lowest BCUT2D eigenvalue weighted by Gasteiger charge is -2.34. The number of carbonyl (C=O) groups is 1. The number of non-ortho nitro benzene ring substituents is 1. The number of nitro groups is 1. The number of rotatable bonds is 4. The van der Waals surface area contributed by atoms with Crippen molar-refractivity contribution in [2.24, 2.45) is 0 Å². The predicted molar refractivity (Wildman–Crippen MR) is 90.7 cm³/mol. The zero-order chi connectivity index (χ0) is 17.8. The molecular formula is C18H18FN3O3. The first kappa shape index (κ1) is 17.0. The highest BCUT2D eigenvalue weighted by atomic mass is 19.1. The van der Waals surface area contributed by atoms with E-state index in [1.807, 2.05) is 6.07 Å². The molecule has 0 bridgehead atoms. The molecule has 7 heteroatoms. The van der Waals surface area contributed by atoms with Crippen LogP contribution in [-0.2, 0) is 6.54 Å². The van der Waals surface area contributed by atoms with Gasteiger partial charge in [-0.3, -0.25) is 19.8 Å². The summed E-state index contributed by atoms with van der Waals surface area (Å²) >= 11 is 0. The van der Waals surface area contributed by atoms with Gasteiger partial charge >= 0.3 is 0 Å². The van der Waals surface area contributed by atoms with Gasteiger partial charge in [0, 0.05) is 50.4 Å². The maximum atomic E-state index is 13.3. The van der Waals surface area contributed by atoms with E-state index in [9.17, 15) is 19.3 Å². The Hall–Kier alpha value is -2.80. The molecule has 1 amide bonds. The largest absolute Gasteiger partial charge is 0.336 e. The third-order valence-electron chi connectivity index (χ3n) is 4.26. The molecule has 0 saturated carbocycles. The van der Waals surface area contributed by atoms with Crippen molar-refractivity contribution in [1.82, 2.24) is 9.80 Å². The summed E-state index contributed by atoms with van der Waals surface area (Å²) in [4.78, 5) is 26.7. The summed E-state index contributed by atoms with van der Waals surface area (Å²) < 4.78 is 13.3. The molecular weight excluding hydrogens is 325 g/mol. The maximum Gasteiger partial charge on any atom is 0.269 e. The summed E-state index contributed by atoms with van der Waals surface area (Å²) in [5.74, 6) is -0.593. The summed E-state index contributed by atoms with van der Waals surface area (Å²) in [5.41, 5.74) is 1.31. The Labute approximate surface area is 144 Å². The first-order chi connectivity index (χ1) is 12.0. The molecule has 0 aromatic heterocycles. The van der Waals surface area contributed by atoms with Crippen LogP contribution in [0.3, 0.4) is 0 Å². The predicted octanol–water partition coefficient (Wildman–Crippen LogP) is 2.69. The second-order valence-corrected chi connectivity index (χ2v) is 6.01. The molecule has 1 aliphatic heterocycles. The number of halogens is 1. The van der Waals surface area contributed by atoms with E-state index in [2.05, 4.69) is 4.90 Å². The smallest absolute Gasteiger partial charge is 0.269 e. The lowest BCUT2D eigenvalue weighted by atomic mass is 10.1. The molecule has 6 nitrogen and oxygen atoms in total. The monoisotopic (exact) mass is 343 g/mol. The molecule has 2 aromatic rings. The van der Waals surface area contributed by atoms with Gasteiger partial charge < -0.3 is 4.90 Å². The van der Waals surface area contributed by atoms with Gasteiger partial charge in [0.05, 0.1) is 4.92 Å². The van der Waals surface area contributed by atoms with Crippen LogP contribution in [0.4, 0.5) is 10.1 Å². The molecule has 0 unspecified atom stereocenters. The molecule has 3 rings (SSSR count). The van der Waals surface area contributed by atoms with Crippen LogP contribution in [0, 0.1) is 15.9 Å². The van der Waals surface area contributed by atoms with Crippen molar-refractivity contribution in [1.29, 1.82) is 0 Å². The van der Waals surface area contributed by atoms with Crippen molar-refractivity contribution in [3.05, 3.63) is 75.6 Å². The number of piperazine rings is 1. The van der Waals surface area contributed by atoms with Crippen LogP contribution in [0.1, 0.15) is 15.9 Å². The minimum atomic E-state index is -0.421. The number of nitro benzene ring substituents is 1. The van der Waals surface area contributed by atoms with Gasteiger partial charge in [-0.25, -0.2) is 4.39 Å². The third kappa shape index (κ3) is 4.19. The van der Waals surface area contributed by atoms with Gasteiger partial charge in [-0.15, -0.1) is 0 Å². The van der Waals surface area contributed by atoms with E-state index in [1.165, 1.54) is 24.3 Å². The van der Waals surface area contributed by atoms with Crippen LogP contribution in [0.15, 0.2) is 48.5 Å². The van der Waals surface area contributed by atoms with Gasteiger partial charge in [0.15, 0.2) is 0 Å². The van der Waals surface area contributed by atoms with Crippen molar-refractivity contribution in [2.45, 2.75) is 6.54 Å². The van der Waals surface area contributed by atoms with E-state index in [1.54, 1.807) is 23.1 Å². The van der Waals surface area contributed by atoms with Gasteiger partial charge in [0.25, 0.3) is 11.6 Å². The molecule has 1 saturated heterocycles. The number of hydrogen-bond donors (Lipinski definition) is 0. The maximum absolute atomic E-state index is 13.3. The quantitative estimate of drug-likeness (QED) is 0.632. The van der Waals surface area contributed by atoms with Crippen LogP contribution in [0.25, 0.3) is 0 Å². The molecule has 1 aliphatic rings. The normalized spacial score (nSPS) is 15.2. The summed E-state index contributed by atoms with van der Waals surface area (Å²) in [6.07, 6.45) is 0. The highest BCUT2D eigenvalue weighted by Crippen LogP contribution is 2.16. The first-order valence-electron chi connectivity index (χ1n) is 8.03. The number of benzene rings is 2. The zero-order valence-corrected chi connectivity index (χ0v) is 13.6. The minimum absolute atomic E-state index is 0.0809. The van der Waals surface area contributed by atoms with Gasteiger partial charge in [0.1, 0.15) is 5.82 Å². The fourth-order valence-electron chi connectivity index (χ4n) is 2.94. The number of hydrogen-bond acceptors (Lipinski definition) is 4. The number of carbonyl (C=O) groups excluding carboxylic acids is 1. The molecule has 1 fully saturated rings.